The predicted octanol–water partition coefficient (Wildman–Crippen LogP) is 0.455. The lowest BCUT2D eigenvalue weighted by atomic mass is 10.1. The van der Waals surface area contributed by atoms with Gasteiger partial charge in [0.15, 0.2) is 5.11 Å². The molecule has 0 aliphatic carbocycles. The third-order valence-electron chi connectivity index (χ3n) is 3.41. The second-order valence-electron chi connectivity index (χ2n) is 5.22. The van der Waals surface area contributed by atoms with Crippen molar-refractivity contribution >= 4 is 40.1 Å². The highest BCUT2D eigenvalue weighted by Crippen LogP contribution is 2.18. The average molecular weight is 334 g/mol. The van der Waals surface area contributed by atoms with E-state index in [0.717, 1.165) is 16.5 Å². The number of likely N-dealkylation sites (N-methyl/N-ethyl adjacent to an activating group) is 1. The number of benzene rings is 1. The summed E-state index contributed by atoms with van der Waals surface area (Å²) in [4.78, 5) is 25.8. The van der Waals surface area contributed by atoms with Gasteiger partial charge in [-0.3, -0.25) is 9.59 Å². The summed E-state index contributed by atoms with van der Waals surface area (Å²) >= 11 is 4.71. The highest BCUT2D eigenvalue weighted by atomic mass is 32.1. The number of aromatic amines is 1. The Labute approximate surface area is 138 Å². The molecular weight excluding hydrogens is 316 g/mol. The Hall–Kier alpha value is -2.45. The number of thiocarbonyl (C=S) groups is 1. The number of rotatable bonds is 3. The van der Waals surface area contributed by atoms with Crippen molar-refractivity contribution in [2.75, 3.05) is 13.6 Å². The summed E-state index contributed by atoms with van der Waals surface area (Å²) in [5, 5.41) is 12.8. The summed E-state index contributed by atoms with van der Waals surface area (Å²) in [6, 6.07) is 6.91. The van der Waals surface area contributed by atoms with Gasteiger partial charge in [0.2, 0.25) is 5.91 Å². The number of amides is 1. The third kappa shape index (κ3) is 4.27. The number of aliphatic carboxylic acids is 1. The van der Waals surface area contributed by atoms with Crippen LogP contribution in [0.1, 0.15) is 5.56 Å². The van der Waals surface area contributed by atoms with Gasteiger partial charge in [-0.25, -0.2) is 0 Å². The average Bonchev–Trinajstić information content (AvgIpc) is 3.03. The fourth-order valence-corrected chi connectivity index (χ4v) is 2.34. The first-order valence-electron chi connectivity index (χ1n) is 6.97. The first kappa shape index (κ1) is 16.9. The Bertz CT molecular complexity index is 743. The zero-order valence-corrected chi connectivity index (χ0v) is 13.4. The van der Waals surface area contributed by atoms with Gasteiger partial charge < -0.3 is 26.0 Å². The lowest BCUT2D eigenvalue weighted by Gasteiger charge is -2.04. The van der Waals surface area contributed by atoms with Crippen LogP contribution in [0, 0.1) is 0 Å². The number of carbonyl (C=O) groups is 2. The molecule has 1 aromatic heterocycles. The van der Waals surface area contributed by atoms with Gasteiger partial charge in [0, 0.05) is 30.6 Å². The Kier molecular flexibility index (Phi) is 5.30. The number of carboxylic acid groups (broad SMARTS) is 1. The van der Waals surface area contributed by atoms with Gasteiger partial charge in [-0.15, -0.1) is 0 Å². The van der Waals surface area contributed by atoms with Crippen LogP contribution in [0.25, 0.3) is 10.9 Å². The lowest BCUT2D eigenvalue weighted by Crippen LogP contribution is -2.32. The zero-order valence-electron chi connectivity index (χ0n) is 12.6. The molecule has 122 valence electrons. The number of carbonyl (C=O) groups excluding carboxylic acids is 1. The van der Waals surface area contributed by atoms with E-state index in [4.69, 9.17) is 23.1 Å². The molecule has 0 spiro atoms. The van der Waals surface area contributed by atoms with Crippen molar-refractivity contribution in [2.45, 2.75) is 12.5 Å². The molecule has 0 bridgehead atoms. The van der Waals surface area contributed by atoms with E-state index < -0.39 is 12.0 Å². The second-order valence-corrected chi connectivity index (χ2v) is 5.60. The van der Waals surface area contributed by atoms with Crippen molar-refractivity contribution in [3.8, 4) is 0 Å². The molecule has 2 aromatic rings. The quantitative estimate of drug-likeness (QED) is 0.607. The molecule has 1 aliphatic heterocycles. The zero-order chi connectivity index (χ0) is 17.0. The van der Waals surface area contributed by atoms with Gasteiger partial charge in [0.05, 0.1) is 6.54 Å². The normalized spacial score (nSPS) is 15.1. The molecular formula is C15H18N4O3S. The van der Waals surface area contributed by atoms with Crippen molar-refractivity contribution < 1.29 is 14.7 Å². The van der Waals surface area contributed by atoms with Crippen LogP contribution in [0.5, 0.6) is 0 Å². The number of nitrogens with two attached hydrogens (primary N) is 1. The van der Waals surface area contributed by atoms with Crippen molar-refractivity contribution in [1.82, 2.24) is 15.2 Å². The van der Waals surface area contributed by atoms with E-state index in [1.165, 1.54) is 0 Å². The van der Waals surface area contributed by atoms with Crippen LogP contribution in [-0.2, 0) is 16.0 Å². The number of hydrogen-bond donors (Lipinski definition) is 4. The van der Waals surface area contributed by atoms with Gasteiger partial charge in [-0.2, -0.15) is 0 Å². The van der Waals surface area contributed by atoms with Crippen LogP contribution in [0.2, 0.25) is 0 Å². The summed E-state index contributed by atoms with van der Waals surface area (Å²) in [5.41, 5.74) is 7.43. The Morgan fingerprint density at radius 2 is 2.17 bits per heavy atom. The summed E-state index contributed by atoms with van der Waals surface area (Å²) in [6.07, 6.45) is 2.16. The molecule has 1 atom stereocenters. The summed E-state index contributed by atoms with van der Waals surface area (Å²) < 4.78 is 0. The van der Waals surface area contributed by atoms with Gasteiger partial charge in [0.1, 0.15) is 6.04 Å². The molecule has 8 heteroatoms. The number of aromatic nitrogens is 1. The van der Waals surface area contributed by atoms with E-state index in [0.29, 0.717) is 18.1 Å². The molecule has 5 N–H and O–H groups in total. The summed E-state index contributed by atoms with van der Waals surface area (Å²) in [5.74, 6) is -0.988. The minimum absolute atomic E-state index is 0.0162. The molecule has 1 fully saturated rings. The van der Waals surface area contributed by atoms with Crippen molar-refractivity contribution in [1.29, 1.82) is 0 Å². The number of nitrogens with zero attached hydrogens (tertiary/aromatic N) is 1. The van der Waals surface area contributed by atoms with E-state index in [9.17, 15) is 9.59 Å². The number of fused-ring (bicyclic) bond motifs is 1. The van der Waals surface area contributed by atoms with Gasteiger partial charge in [0.25, 0.3) is 0 Å². The van der Waals surface area contributed by atoms with Crippen LogP contribution >= 0.6 is 12.2 Å². The van der Waals surface area contributed by atoms with Gasteiger partial charge in [-0.1, -0.05) is 18.2 Å². The Balaban J connectivity index is 0.000000203. The number of hydrogen-bond acceptors (Lipinski definition) is 4. The standard InChI is InChI=1S/C11H12N2O2.C4H6N2OS/c12-9(11(14)15)5-7-6-13-10-4-2-1-3-8(7)10;1-6-2-3(7)5-4(6)8/h1-4,6,9,13H,5,12H2,(H,14,15);2H2,1H3,(H,5,7,8)/t9-;/m0./s1. The maximum Gasteiger partial charge on any atom is 0.320 e. The summed E-state index contributed by atoms with van der Waals surface area (Å²) in [6.45, 7) is 0.402. The van der Waals surface area contributed by atoms with Crippen LogP contribution in [0.15, 0.2) is 30.5 Å². The fourth-order valence-electron chi connectivity index (χ4n) is 2.17. The minimum atomic E-state index is -0.972. The van der Waals surface area contributed by atoms with Crippen LogP contribution in [0.3, 0.4) is 0 Å². The molecule has 1 aromatic carbocycles. The smallest absolute Gasteiger partial charge is 0.320 e. The van der Waals surface area contributed by atoms with E-state index in [2.05, 4.69) is 10.3 Å². The second kappa shape index (κ2) is 7.21. The van der Waals surface area contributed by atoms with Crippen molar-refractivity contribution in [2.24, 2.45) is 5.73 Å². The lowest BCUT2D eigenvalue weighted by molar-refractivity contribution is -0.138. The number of H-pyrrole nitrogens is 1. The number of carboxylic acids is 1. The molecule has 1 amide bonds. The molecule has 0 radical (unpaired) electrons. The van der Waals surface area contributed by atoms with E-state index in [1.807, 2.05) is 30.5 Å². The van der Waals surface area contributed by atoms with Crippen LogP contribution < -0.4 is 11.1 Å². The first-order valence-corrected chi connectivity index (χ1v) is 7.37. The van der Waals surface area contributed by atoms with Crippen molar-refractivity contribution in [3.05, 3.63) is 36.0 Å². The summed E-state index contributed by atoms with van der Waals surface area (Å²) in [7, 11) is 1.78. The van der Waals surface area contributed by atoms with E-state index in [1.54, 1.807) is 11.9 Å². The molecule has 1 saturated heterocycles. The Morgan fingerprint density at radius 1 is 1.48 bits per heavy atom. The maximum absolute atomic E-state index is 10.6. The topological polar surface area (TPSA) is 111 Å². The third-order valence-corrected chi connectivity index (χ3v) is 3.82. The monoisotopic (exact) mass is 334 g/mol. The molecule has 7 nitrogen and oxygen atoms in total. The molecule has 2 heterocycles. The van der Waals surface area contributed by atoms with Gasteiger partial charge >= 0.3 is 5.97 Å². The number of para-hydroxylation sites is 1. The molecule has 0 saturated carbocycles. The number of nitrogens with one attached hydrogen (secondary N) is 2. The SMILES string of the molecule is CN1CC(=O)NC1=S.N[C@@H](Cc1c[nH]c2ccccc12)C(=O)O. The van der Waals surface area contributed by atoms with E-state index >= 15 is 0 Å². The highest BCUT2D eigenvalue weighted by Gasteiger charge is 2.18. The van der Waals surface area contributed by atoms with E-state index in [-0.39, 0.29) is 5.91 Å². The first-order chi connectivity index (χ1) is 10.9. The van der Waals surface area contributed by atoms with Gasteiger partial charge in [-0.05, 0) is 23.8 Å². The predicted molar refractivity (Wildman–Crippen MR) is 91.0 cm³/mol. The molecule has 3 rings (SSSR count). The molecule has 1 aliphatic rings. The van der Waals surface area contributed by atoms with Crippen molar-refractivity contribution in [3.63, 3.8) is 0 Å². The maximum atomic E-state index is 10.6. The van der Waals surface area contributed by atoms with Crippen LogP contribution in [0.4, 0.5) is 0 Å². The largest absolute Gasteiger partial charge is 0.480 e. The Morgan fingerprint density at radius 3 is 2.70 bits per heavy atom. The van der Waals surface area contributed by atoms with Crippen LogP contribution in [-0.4, -0.2) is 51.6 Å². The molecule has 23 heavy (non-hydrogen) atoms. The minimum Gasteiger partial charge on any atom is -0.480 e. The fraction of sp³-hybridized carbons (Fsp3) is 0.267. The highest BCUT2D eigenvalue weighted by molar-refractivity contribution is 7.80. The molecule has 0 unspecified atom stereocenters.